The Hall–Kier alpha value is 0.104. The lowest BCUT2D eigenvalue weighted by atomic mass is 9.82. The fraction of sp³-hybridized carbons (Fsp3) is 0. The van der Waals surface area contributed by atoms with Crippen LogP contribution >= 0.6 is 104 Å². The maximum absolute atomic E-state index is 6.78. The van der Waals surface area contributed by atoms with Crippen LogP contribution in [0.2, 0.25) is 0 Å². The fourth-order valence-electron chi connectivity index (χ4n) is 5.88. The summed E-state index contributed by atoms with van der Waals surface area (Å²) in [7, 11) is 0. The molecule has 11 heteroatoms. The van der Waals surface area contributed by atoms with Gasteiger partial charge in [0.2, 0.25) is 0 Å². The standard InChI is InChI=1S/C24H10Cl6S3Si2/c25-34(26,27)23-11-6-5-9-2-1-8-3-4-10-7-12(31)17-18-15(10)13(8)14(9)16(11)19(18)20(22(33)21(17)32)24(23)35(28,29)30/h1-7,31-33H. The topological polar surface area (TPSA) is 0 Å². The normalized spacial score (nSPS) is 13.9. The molecule has 0 atom stereocenters. The van der Waals surface area contributed by atoms with Crippen LogP contribution < -0.4 is 10.4 Å². The largest absolute Gasteiger partial charge is 0.373 e. The van der Waals surface area contributed by atoms with E-state index in [9.17, 15) is 0 Å². The molecule has 0 aromatic heterocycles. The van der Waals surface area contributed by atoms with Crippen molar-refractivity contribution < 1.29 is 0 Å². The summed E-state index contributed by atoms with van der Waals surface area (Å²) in [5.41, 5.74) is 0. The molecule has 0 spiro atoms. The van der Waals surface area contributed by atoms with Gasteiger partial charge in [-0.15, -0.1) is 104 Å². The van der Waals surface area contributed by atoms with E-state index >= 15 is 0 Å². The highest BCUT2D eigenvalue weighted by molar-refractivity contribution is 7.84. The molecule has 0 heterocycles. The first kappa shape index (κ1) is 24.2. The molecule has 0 fully saturated rings. The van der Waals surface area contributed by atoms with Gasteiger partial charge in [0, 0.05) is 30.8 Å². The van der Waals surface area contributed by atoms with Gasteiger partial charge in [-0.25, -0.2) is 0 Å². The van der Waals surface area contributed by atoms with Crippen molar-refractivity contribution in [2.75, 3.05) is 0 Å². The van der Waals surface area contributed by atoms with Crippen molar-refractivity contribution >= 4 is 191 Å². The van der Waals surface area contributed by atoms with Crippen molar-refractivity contribution in [2.45, 2.75) is 14.7 Å². The molecule has 0 N–H and O–H groups in total. The minimum absolute atomic E-state index is 0.488. The van der Waals surface area contributed by atoms with Crippen molar-refractivity contribution in [1.29, 1.82) is 0 Å². The van der Waals surface area contributed by atoms with Crippen LogP contribution in [0.25, 0.3) is 64.6 Å². The Morgan fingerprint density at radius 2 is 0.914 bits per heavy atom. The molecule has 7 aromatic rings. The molecule has 0 bridgehead atoms. The van der Waals surface area contributed by atoms with Gasteiger partial charge >= 0.3 is 12.0 Å². The summed E-state index contributed by atoms with van der Waals surface area (Å²) in [6.07, 6.45) is 0. The summed E-state index contributed by atoms with van der Waals surface area (Å²) in [4.78, 5) is 2.06. The van der Waals surface area contributed by atoms with Gasteiger partial charge in [-0.2, -0.15) is 0 Å². The molecular weight excluding hydrogens is 653 g/mol. The number of rotatable bonds is 2. The van der Waals surface area contributed by atoms with E-state index in [0.29, 0.717) is 25.6 Å². The summed E-state index contributed by atoms with van der Waals surface area (Å²) >= 11 is 55.4. The summed E-state index contributed by atoms with van der Waals surface area (Å²) in [5.74, 6) is 0. The molecule has 0 aliphatic carbocycles. The predicted octanol–water partition coefficient (Wildman–Crippen LogP) is 9.51. The summed E-state index contributed by atoms with van der Waals surface area (Å²) in [6.45, 7) is 0. The monoisotopic (exact) mass is 660 g/mol. The summed E-state index contributed by atoms with van der Waals surface area (Å²) in [5, 5.41) is 13.1. The minimum Gasteiger partial charge on any atom is -0.143 e. The van der Waals surface area contributed by atoms with Gasteiger partial charge in [-0.1, -0.05) is 36.4 Å². The smallest absolute Gasteiger partial charge is 0.143 e. The number of hydrogen-bond acceptors (Lipinski definition) is 3. The van der Waals surface area contributed by atoms with Gasteiger partial charge in [0.05, 0.1) is 0 Å². The highest BCUT2D eigenvalue weighted by Gasteiger charge is 2.44. The van der Waals surface area contributed by atoms with Crippen molar-refractivity contribution in [3.8, 4) is 0 Å². The van der Waals surface area contributed by atoms with E-state index in [2.05, 4.69) is 36.4 Å². The van der Waals surface area contributed by atoms with Crippen LogP contribution in [-0.4, -0.2) is 12.0 Å². The van der Waals surface area contributed by atoms with E-state index in [0.717, 1.165) is 64.1 Å². The Labute approximate surface area is 246 Å². The van der Waals surface area contributed by atoms with Crippen LogP contribution in [0.15, 0.2) is 57.2 Å². The second-order valence-corrected chi connectivity index (χ2v) is 26.8. The Bertz CT molecular complexity index is 2010. The van der Waals surface area contributed by atoms with E-state index in [-0.39, 0.29) is 0 Å². The summed E-state index contributed by atoms with van der Waals surface area (Å²) < 4.78 is 0. The molecule has 7 aromatic carbocycles. The van der Waals surface area contributed by atoms with E-state index in [1.807, 2.05) is 6.07 Å². The van der Waals surface area contributed by atoms with Crippen LogP contribution in [0.4, 0.5) is 0 Å². The maximum atomic E-state index is 6.78. The van der Waals surface area contributed by atoms with E-state index in [4.69, 9.17) is 104 Å². The lowest BCUT2D eigenvalue weighted by Gasteiger charge is -2.29. The van der Waals surface area contributed by atoms with Gasteiger partial charge in [-0.3, -0.25) is 0 Å². The second-order valence-electron chi connectivity index (χ2n) is 8.75. The molecule has 0 amide bonds. The average Bonchev–Trinajstić information content (AvgIpc) is 2.78. The van der Waals surface area contributed by atoms with Gasteiger partial charge in [0.15, 0.2) is 0 Å². The summed E-state index contributed by atoms with van der Waals surface area (Å²) in [6, 6.07) is 7.51. The lowest BCUT2D eigenvalue weighted by Crippen LogP contribution is -2.51. The Balaban J connectivity index is 2.04. The van der Waals surface area contributed by atoms with Gasteiger partial charge in [0.25, 0.3) is 0 Å². The molecule has 35 heavy (non-hydrogen) atoms. The highest BCUT2D eigenvalue weighted by Crippen LogP contribution is 2.53. The third-order valence-corrected chi connectivity index (χ3v) is 14.3. The third-order valence-electron chi connectivity index (χ3n) is 7.03. The number of thiol groups is 3. The van der Waals surface area contributed by atoms with Gasteiger partial charge in [-0.05, 0) is 64.9 Å². The molecule has 0 aliphatic heterocycles. The van der Waals surface area contributed by atoms with Crippen LogP contribution in [0.5, 0.6) is 0 Å². The molecule has 0 saturated carbocycles. The zero-order valence-electron chi connectivity index (χ0n) is 17.2. The van der Waals surface area contributed by atoms with E-state index < -0.39 is 12.0 Å². The first-order valence-corrected chi connectivity index (χ1v) is 21.8. The molecular formula is C24H10Cl6S3Si2. The molecule has 174 valence electrons. The first-order valence-electron chi connectivity index (χ1n) is 10.4. The lowest BCUT2D eigenvalue weighted by molar-refractivity contribution is 1.36. The van der Waals surface area contributed by atoms with E-state index in [1.165, 1.54) is 0 Å². The Morgan fingerprint density at radius 3 is 1.51 bits per heavy atom. The molecule has 0 unspecified atom stereocenters. The zero-order valence-corrected chi connectivity index (χ0v) is 26.4. The highest BCUT2D eigenvalue weighted by atomic mass is 35.8. The third kappa shape index (κ3) is 3.06. The Kier molecular flexibility index (Phi) is 5.25. The van der Waals surface area contributed by atoms with Crippen LogP contribution in [0.3, 0.4) is 0 Å². The van der Waals surface area contributed by atoms with Crippen molar-refractivity contribution in [1.82, 2.24) is 0 Å². The van der Waals surface area contributed by atoms with Crippen molar-refractivity contribution in [3.05, 3.63) is 42.5 Å². The molecule has 0 radical (unpaired) electrons. The molecule has 0 nitrogen and oxygen atoms in total. The zero-order chi connectivity index (χ0) is 24.8. The SMILES string of the molecule is Sc1cc2ccc3ccc4ccc5c([Si](Cl)(Cl)Cl)c([Si](Cl)(Cl)Cl)c6c(S)c(S)c1c1c2c3c4c5c61. The maximum Gasteiger partial charge on any atom is 0.373 e. The number of hydrogen-bond donors (Lipinski definition) is 3. The number of halogens is 6. The van der Waals surface area contributed by atoms with Crippen molar-refractivity contribution in [2.24, 2.45) is 0 Å². The average molecular weight is 663 g/mol. The van der Waals surface area contributed by atoms with Crippen LogP contribution in [-0.2, 0) is 0 Å². The quantitative estimate of drug-likeness (QED) is 0.0531. The van der Waals surface area contributed by atoms with Gasteiger partial charge in [0.1, 0.15) is 0 Å². The first-order chi connectivity index (χ1) is 16.4. The molecule has 0 saturated heterocycles. The second kappa shape index (κ2) is 7.60. The molecule has 7 rings (SSSR count). The molecule has 0 aliphatic rings. The van der Waals surface area contributed by atoms with E-state index in [1.54, 1.807) is 0 Å². The number of benzene rings is 7. The Morgan fingerprint density at radius 1 is 0.457 bits per heavy atom. The van der Waals surface area contributed by atoms with Crippen LogP contribution in [0.1, 0.15) is 0 Å². The fourth-order valence-corrected chi connectivity index (χ4v) is 15.0. The van der Waals surface area contributed by atoms with Gasteiger partial charge < -0.3 is 0 Å². The van der Waals surface area contributed by atoms with Crippen molar-refractivity contribution in [3.63, 3.8) is 0 Å². The predicted molar refractivity (Wildman–Crippen MR) is 173 cm³/mol. The minimum atomic E-state index is -3.60. The van der Waals surface area contributed by atoms with Crippen LogP contribution in [0, 0.1) is 0 Å².